The molecule has 3 nitrogen and oxygen atoms in total. The number of unbranched alkanes of at least 4 members (excludes halogenated alkanes) is 2. The number of hydrogen-bond acceptors (Lipinski definition) is 2. The topological polar surface area (TPSA) is 46.5 Å². The SMILES string of the molecule is CCCCCC1Oc2ccccc2C=C1/C=C/C(C)=C/C(=O)O. The Labute approximate surface area is 138 Å². The molecule has 0 amide bonds. The summed E-state index contributed by atoms with van der Waals surface area (Å²) in [6.07, 6.45) is 11.7. The largest absolute Gasteiger partial charge is 0.485 e. The van der Waals surface area contributed by atoms with E-state index >= 15 is 0 Å². The second kappa shape index (κ2) is 8.37. The van der Waals surface area contributed by atoms with Crippen LogP contribution in [0.15, 0.2) is 53.6 Å². The molecule has 0 saturated heterocycles. The van der Waals surface area contributed by atoms with Crippen LogP contribution in [0.1, 0.15) is 45.1 Å². The Morgan fingerprint density at radius 1 is 1.30 bits per heavy atom. The molecule has 23 heavy (non-hydrogen) atoms. The number of allylic oxidation sites excluding steroid dienone is 2. The average Bonchev–Trinajstić information content (AvgIpc) is 2.52. The highest BCUT2D eigenvalue weighted by Gasteiger charge is 2.20. The van der Waals surface area contributed by atoms with Gasteiger partial charge in [-0.25, -0.2) is 4.79 Å². The van der Waals surface area contributed by atoms with Crippen LogP contribution in [0.25, 0.3) is 6.08 Å². The van der Waals surface area contributed by atoms with Crippen molar-refractivity contribution in [2.45, 2.75) is 45.6 Å². The number of aliphatic carboxylic acids is 1. The van der Waals surface area contributed by atoms with Crippen molar-refractivity contribution in [1.82, 2.24) is 0 Å². The molecule has 0 saturated carbocycles. The van der Waals surface area contributed by atoms with E-state index in [4.69, 9.17) is 9.84 Å². The van der Waals surface area contributed by atoms with E-state index in [1.54, 1.807) is 6.92 Å². The van der Waals surface area contributed by atoms with Crippen molar-refractivity contribution in [2.75, 3.05) is 0 Å². The average molecular weight is 312 g/mol. The molecule has 122 valence electrons. The summed E-state index contributed by atoms with van der Waals surface area (Å²) in [6.45, 7) is 3.97. The van der Waals surface area contributed by atoms with Crippen LogP contribution in [0, 0.1) is 0 Å². The van der Waals surface area contributed by atoms with Crippen LogP contribution in [0.5, 0.6) is 5.75 Å². The van der Waals surface area contributed by atoms with Crippen molar-refractivity contribution in [1.29, 1.82) is 0 Å². The number of fused-ring (bicyclic) bond motifs is 1. The van der Waals surface area contributed by atoms with Crippen molar-refractivity contribution in [3.8, 4) is 5.75 Å². The fourth-order valence-corrected chi connectivity index (χ4v) is 2.63. The molecule has 0 bridgehead atoms. The maximum atomic E-state index is 10.7. The van der Waals surface area contributed by atoms with E-state index in [2.05, 4.69) is 13.0 Å². The van der Waals surface area contributed by atoms with Gasteiger partial charge in [-0.3, -0.25) is 0 Å². The van der Waals surface area contributed by atoms with Crippen LogP contribution >= 0.6 is 0 Å². The minimum Gasteiger partial charge on any atom is -0.485 e. The molecule has 1 aromatic carbocycles. The number of para-hydroxylation sites is 1. The van der Waals surface area contributed by atoms with E-state index in [-0.39, 0.29) is 6.10 Å². The van der Waals surface area contributed by atoms with Crippen molar-refractivity contribution in [3.63, 3.8) is 0 Å². The molecule has 1 aliphatic heterocycles. The number of hydrogen-bond donors (Lipinski definition) is 1. The molecular formula is C20H24O3. The summed E-state index contributed by atoms with van der Waals surface area (Å²) >= 11 is 0. The molecule has 0 aliphatic carbocycles. The van der Waals surface area contributed by atoms with Crippen LogP contribution < -0.4 is 4.74 Å². The van der Waals surface area contributed by atoms with E-state index in [0.29, 0.717) is 5.57 Å². The lowest BCUT2D eigenvalue weighted by atomic mass is 9.96. The molecule has 1 unspecified atom stereocenters. The van der Waals surface area contributed by atoms with Gasteiger partial charge in [0, 0.05) is 11.6 Å². The molecule has 1 aliphatic rings. The van der Waals surface area contributed by atoms with Gasteiger partial charge in [0.25, 0.3) is 0 Å². The first-order valence-electron chi connectivity index (χ1n) is 8.16. The second-order valence-electron chi connectivity index (χ2n) is 5.84. The highest BCUT2D eigenvalue weighted by Crippen LogP contribution is 2.32. The molecule has 2 rings (SSSR count). The van der Waals surface area contributed by atoms with Gasteiger partial charge in [-0.2, -0.15) is 0 Å². The van der Waals surface area contributed by atoms with Gasteiger partial charge in [0.15, 0.2) is 0 Å². The smallest absolute Gasteiger partial charge is 0.328 e. The number of carboxylic acid groups (broad SMARTS) is 1. The Morgan fingerprint density at radius 2 is 2.09 bits per heavy atom. The Balaban J connectivity index is 2.21. The van der Waals surface area contributed by atoms with Gasteiger partial charge >= 0.3 is 5.97 Å². The first kappa shape index (κ1) is 17.1. The summed E-state index contributed by atoms with van der Waals surface area (Å²) in [5, 5.41) is 8.80. The maximum Gasteiger partial charge on any atom is 0.328 e. The van der Waals surface area contributed by atoms with Crippen molar-refractivity contribution in [3.05, 3.63) is 59.2 Å². The first-order valence-corrected chi connectivity index (χ1v) is 8.16. The maximum absolute atomic E-state index is 10.7. The van der Waals surface area contributed by atoms with Crippen molar-refractivity contribution in [2.24, 2.45) is 0 Å². The zero-order chi connectivity index (χ0) is 16.7. The summed E-state index contributed by atoms with van der Waals surface area (Å²) in [7, 11) is 0. The van der Waals surface area contributed by atoms with Gasteiger partial charge in [0.2, 0.25) is 0 Å². The number of benzene rings is 1. The third-order valence-corrected chi connectivity index (χ3v) is 3.84. The molecule has 0 fully saturated rings. The Bertz CT molecular complexity index is 638. The number of carbonyl (C=O) groups is 1. The van der Waals surface area contributed by atoms with Gasteiger partial charge in [-0.15, -0.1) is 0 Å². The van der Waals surface area contributed by atoms with Gasteiger partial charge < -0.3 is 9.84 Å². The standard InChI is InChI=1S/C20H24O3/c1-3-4-5-9-19-17(12-11-15(2)13-20(21)22)14-16-8-6-7-10-18(16)23-19/h6-8,10-14,19H,3-5,9H2,1-2H3,(H,21,22)/b12-11+,15-13+. The van der Waals surface area contributed by atoms with Crippen molar-refractivity contribution >= 4 is 12.0 Å². The van der Waals surface area contributed by atoms with Gasteiger partial charge in [-0.05, 0) is 43.1 Å². The summed E-state index contributed by atoms with van der Waals surface area (Å²) in [5.41, 5.74) is 2.88. The Hall–Kier alpha value is -2.29. The molecule has 1 heterocycles. The van der Waals surface area contributed by atoms with Crippen LogP contribution in [-0.4, -0.2) is 17.2 Å². The van der Waals surface area contributed by atoms with Gasteiger partial charge in [-0.1, -0.05) is 50.1 Å². The number of rotatable bonds is 7. The third kappa shape index (κ3) is 5.13. The predicted octanol–water partition coefficient (Wildman–Crippen LogP) is 5.00. The van der Waals surface area contributed by atoms with Crippen LogP contribution in [-0.2, 0) is 4.79 Å². The zero-order valence-corrected chi connectivity index (χ0v) is 13.8. The molecule has 0 spiro atoms. The fourth-order valence-electron chi connectivity index (χ4n) is 2.63. The molecule has 0 radical (unpaired) electrons. The molecular weight excluding hydrogens is 288 g/mol. The first-order chi connectivity index (χ1) is 11.1. The van der Waals surface area contributed by atoms with E-state index in [1.807, 2.05) is 36.4 Å². The second-order valence-corrected chi connectivity index (χ2v) is 5.84. The van der Waals surface area contributed by atoms with Crippen LogP contribution in [0.2, 0.25) is 0 Å². The van der Waals surface area contributed by atoms with E-state index in [1.165, 1.54) is 18.9 Å². The molecule has 1 atom stereocenters. The van der Waals surface area contributed by atoms with E-state index in [0.717, 1.165) is 29.7 Å². The Kier molecular flexibility index (Phi) is 6.21. The minimum absolute atomic E-state index is 0.0327. The molecule has 3 heteroatoms. The zero-order valence-electron chi connectivity index (χ0n) is 13.8. The summed E-state index contributed by atoms with van der Waals surface area (Å²) in [4.78, 5) is 10.7. The summed E-state index contributed by atoms with van der Waals surface area (Å²) in [6, 6.07) is 8.00. The number of ether oxygens (including phenoxy) is 1. The van der Waals surface area contributed by atoms with Crippen LogP contribution in [0.4, 0.5) is 0 Å². The van der Waals surface area contributed by atoms with Crippen LogP contribution in [0.3, 0.4) is 0 Å². The lowest BCUT2D eigenvalue weighted by molar-refractivity contribution is -0.131. The molecule has 1 N–H and O–H groups in total. The van der Waals surface area contributed by atoms with Gasteiger partial charge in [0.1, 0.15) is 11.9 Å². The third-order valence-electron chi connectivity index (χ3n) is 3.84. The molecule has 1 aromatic rings. The predicted molar refractivity (Wildman–Crippen MR) is 93.5 cm³/mol. The highest BCUT2D eigenvalue weighted by molar-refractivity contribution is 5.81. The van der Waals surface area contributed by atoms with Gasteiger partial charge in [0.05, 0.1) is 0 Å². The lowest BCUT2D eigenvalue weighted by Crippen LogP contribution is -2.21. The molecule has 0 aromatic heterocycles. The Morgan fingerprint density at radius 3 is 2.83 bits per heavy atom. The quantitative estimate of drug-likeness (QED) is 0.438. The normalized spacial score (nSPS) is 17.6. The summed E-state index contributed by atoms with van der Waals surface area (Å²) < 4.78 is 6.15. The number of carboxylic acids is 1. The monoisotopic (exact) mass is 312 g/mol. The van der Waals surface area contributed by atoms with Crippen molar-refractivity contribution < 1.29 is 14.6 Å². The lowest BCUT2D eigenvalue weighted by Gasteiger charge is -2.26. The highest BCUT2D eigenvalue weighted by atomic mass is 16.5. The van der Waals surface area contributed by atoms with E-state index < -0.39 is 5.97 Å². The minimum atomic E-state index is -0.925. The summed E-state index contributed by atoms with van der Waals surface area (Å²) in [5.74, 6) is -0.00480. The fraction of sp³-hybridized carbons (Fsp3) is 0.350. The van der Waals surface area contributed by atoms with E-state index in [9.17, 15) is 4.79 Å².